The molecule has 4 aromatic heterocycles. The first-order chi connectivity index (χ1) is 37.8. The lowest BCUT2D eigenvalue weighted by Gasteiger charge is -2.41. The van der Waals surface area contributed by atoms with Crippen LogP contribution in [0.2, 0.25) is 20.1 Å². The fraction of sp³-hybridized carbons (Fsp3) is 0.414. The van der Waals surface area contributed by atoms with E-state index >= 15 is 0 Å². The first-order valence-electron chi connectivity index (χ1n) is 26.1. The zero-order chi connectivity index (χ0) is 55.8. The van der Waals surface area contributed by atoms with E-state index in [1.165, 1.54) is 23.5 Å². The summed E-state index contributed by atoms with van der Waals surface area (Å²) in [7, 11) is 0. The number of halogens is 6. The predicted molar refractivity (Wildman–Crippen MR) is 300 cm³/mol. The van der Waals surface area contributed by atoms with Gasteiger partial charge in [-0.3, -0.25) is 0 Å². The van der Waals surface area contributed by atoms with Crippen LogP contribution in [0.25, 0.3) is 47.8 Å². The molecular weight excluding hydrogens is 1140 g/mol. The Hall–Kier alpha value is -5.10. The van der Waals surface area contributed by atoms with Gasteiger partial charge in [-0.25, -0.2) is 28.4 Å². The molecule has 4 fully saturated rings. The number of hydrogen-bond acceptors (Lipinski definition) is 13. The van der Waals surface area contributed by atoms with Crippen molar-refractivity contribution >= 4 is 101 Å². The maximum atomic E-state index is 14.7. The molecular formula is C58H53Cl4F2N5O8S2. The molecule has 4 aliphatic carbocycles. The van der Waals surface area contributed by atoms with Crippen molar-refractivity contribution in [1.82, 2.24) is 20.3 Å². The number of aliphatic hydroxyl groups is 2. The Morgan fingerprint density at radius 2 is 1.08 bits per heavy atom. The SMILES string of the molecule is CC(C)c1onc(-c2c(Cl)cccc2Cl)c1COC1CC2CC[C@@H](C1)C2(O)c1nc2c(F)cc(C(=O)O)cc2s1.[C-]#[N+]c1cc(F)c2nc(C3(O)C4CC[C@H]3CC(OCc3c(-c5c(Cl)cccc5Cl)noc3C(C)C)C4)sc2c1. The zero-order valence-corrected chi connectivity index (χ0v) is 47.8. The molecule has 0 saturated heterocycles. The monoisotopic (exact) mass is 1190 g/mol. The molecule has 4 bridgehead atoms. The van der Waals surface area contributed by atoms with Crippen molar-refractivity contribution in [3.63, 3.8) is 0 Å². The number of carboxylic acids is 1. The van der Waals surface area contributed by atoms with Gasteiger partial charge in [-0.1, -0.05) is 96.5 Å². The quantitative estimate of drug-likeness (QED) is 0.0932. The fourth-order valence-corrected chi connectivity index (χ4v) is 16.2. The third-order valence-corrected chi connectivity index (χ3v) is 19.9. The third kappa shape index (κ3) is 10.1. The minimum atomic E-state index is -1.21. The lowest BCUT2D eigenvalue weighted by atomic mass is 9.73. The minimum absolute atomic E-state index is 0.0604. The van der Waals surface area contributed by atoms with E-state index in [1.54, 1.807) is 42.5 Å². The maximum absolute atomic E-state index is 14.7. The molecule has 0 radical (unpaired) electrons. The molecule has 4 saturated carbocycles. The van der Waals surface area contributed by atoms with Gasteiger partial charge >= 0.3 is 5.97 Å². The Balaban J connectivity index is 0.000000167. The van der Waals surface area contributed by atoms with Crippen LogP contribution in [0.15, 0.2) is 69.7 Å². The molecule has 0 amide bonds. The highest BCUT2D eigenvalue weighted by molar-refractivity contribution is 7.19. The van der Waals surface area contributed by atoms with E-state index in [4.69, 9.17) is 71.5 Å². The Morgan fingerprint density at radius 1 is 0.684 bits per heavy atom. The molecule has 21 heteroatoms. The molecule has 13 nitrogen and oxygen atoms in total. The Morgan fingerprint density at radius 3 is 1.46 bits per heavy atom. The number of carboxylic acid groups (broad SMARTS) is 1. The Labute approximate surface area is 481 Å². The average Bonchev–Trinajstić information content (AvgIpc) is 4.42. The number of aromatic carboxylic acids is 1. The van der Waals surface area contributed by atoms with Crippen molar-refractivity contribution in [3.05, 3.63) is 142 Å². The van der Waals surface area contributed by atoms with Crippen LogP contribution in [0, 0.1) is 41.9 Å². The molecule has 4 aliphatic rings. The molecule has 6 unspecified atom stereocenters. The normalized spacial score (nSPS) is 24.4. The molecule has 79 heavy (non-hydrogen) atoms. The van der Waals surface area contributed by atoms with Crippen molar-refractivity contribution in [2.75, 3.05) is 0 Å². The summed E-state index contributed by atoms with van der Waals surface area (Å²) >= 11 is 28.4. The van der Waals surface area contributed by atoms with Crippen molar-refractivity contribution < 1.29 is 47.4 Å². The molecule has 8 atom stereocenters. The number of benzene rings is 4. The average molecular weight is 1190 g/mol. The second-order valence-electron chi connectivity index (χ2n) is 21.7. The van der Waals surface area contributed by atoms with Gasteiger partial charge in [0.15, 0.2) is 11.5 Å². The van der Waals surface area contributed by atoms with Gasteiger partial charge in [0.25, 0.3) is 0 Å². The maximum Gasteiger partial charge on any atom is 0.335 e. The molecule has 8 aromatic rings. The van der Waals surface area contributed by atoms with E-state index in [2.05, 4.69) is 25.1 Å². The summed E-state index contributed by atoms with van der Waals surface area (Å²) in [5, 5.41) is 44.7. The molecule has 412 valence electrons. The number of aromatic nitrogens is 4. The molecule has 3 N–H and O–H groups in total. The number of fused-ring (bicyclic) bond motifs is 6. The van der Waals surface area contributed by atoms with Crippen LogP contribution < -0.4 is 0 Å². The molecule has 0 aliphatic heterocycles. The van der Waals surface area contributed by atoms with E-state index in [-0.39, 0.29) is 83.2 Å². The van der Waals surface area contributed by atoms with Gasteiger partial charge in [0.05, 0.1) is 62.3 Å². The van der Waals surface area contributed by atoms with Crippen molar-refractivity contribution in [3.8, 4) is 22.5 Å². The number of thiazole rings is 2. The summed E-state index contributed by atoms with van der Waals surface area (Å²) in [6.07, 6.45) is 5.61. The summed E-state index contributed by atoms with van der Waals surface area (Å²) in [6.45, 7) is 15.9. The van der Waals surface area contributed by atoms with Gasteiger partial charge in [0, 0.05) is 38.8 Å². The van der Waals surface area contributed by atoms with Gasteiger partial charge in [-0.05, 0) is 124 Å². The number of rotatable bonds is 13. The second-order valence-corrected chi connectivity index (χ2v) is 25.4. The van der Waals surface area contributed by atoms with Crippen LogP contribution in [0.3, 0.4) is 0 Å². The van der Waals surface area contributed by atoms with E-state index < -0.39 is 28.8 Å². The van der Waals surface area contributed by atoms with Crippen molar-refractivity contribution in [1.29, 1.82) is 0 Å². The van der Waals surface area contributed by atoms with Crippen LogP contribution in [-0.4, -0.2) is 53.8 Å². The summed E-state index contributed by atoms with van der Waals surface area (Å²) in [5.41, 5.74) is 2.05. The third-order valence-electron chi connectivity index (χ3n) is 16.4. The number of ether oxygens (including phenoxy) is 2. The molecule has 4 aromatic carbocycles. The summed E-state index contributed by atoms with van der Waals surface area (Å²) < 4.78 is 54.6. The number of nitrogens with zero attached hydrogens (tertiary/aromatic N) is 5. The van der Waals surface area contributed by atoms with Crippen LogP contribution in [0.4, 0.5) is 14.5 Å². The number of carbonyl (C=O) groups is 1. The smallest absolute Gasteiger partial charge is 0.335 e. The molecule has 0 spiro atoms. The second kappa shape index (κ2) is 22.0. The van der Waals surface area contributed by atoms with Gasteiger partial charge < -0.3 is 33.8 Å². The summed E-state index contributed by atoms with van der Waals surface area (Å²) in [6, 6.07) is 15.8. The lowest BCUT2D eigenvalue weighted by molar-refractivity contribution is -0.116. The highest BCUT2D eigenvalue weighted by atomic mass is 35.5. The topological polar surface area (TPSA) is 178 Å². The van der Waals surface area contributed by atoms with Gasteiger partial charge in [-0.15, -0.1) is 22.7 Å². The fourth-order valence-electron chi connectivity index (χ4n) is 12.5. The van der Waals surface area contributed by atoms with Crippen LogP contribution >= 0.6 is 69.1 Å². The van der Waals surface area contributed by atoms with Gasteiger partial charge in [0.1, 0.15) is 61.0 Å². The van der Waals surface area contributed by atoms with Gasteiger partial charge in [-0.2, -0.15) is 0 Å². The van der Waals surface area contributed by atoms with E-state index in [0.717, 1.165) is 60.0 Å². The first kappa shape index (κ1) is 55.8. The van der Waals surface area contributed by atoms with Crippen LogP contribution in [0.5, 0.6) is 0 Å². The standard InChI is InChI=1S/C29H26Cl2FN3O3S.C29H27Cl2FN2O5S/c1-14(2)27-19(25(35-38-27)24-20(30)5-4-6-21(24)31)13-37-18-9-15-7-8-16(10-18)29(15,36)28-34-26-22(32)11-17(33-3)12-23(26)39-28;1-13(2)26-18(24(34-39-26)23-19(30)4-3-5-20(23)31)12-38-17-10-15-6-7-16(11-17)29(15,37)28-33-25-21(32)8-14(27(35)36)9-22(25)40-28/h4-6,11-12,14-16,18,36H,7-10,13H2,1-2H3;3-5,8-9,13,15-17,37H,6-7,10-12H2,1-2H3,(H,35,36)/t15-,16?,18?,29?;15-,16?,17?,29?/m00/s1. The highest BCUT2D eigenvalue weighted by Crippen LogP contribution is 2.59. The largest absolute Gasteiger partial charge is 0.478 e. The van der Waals surface area contributed by atoms with Crippen LogP contribution in [-0.2, 0) is 33.9 Å². The number of hydrogen-bond donors (Lipinski definition) is 3. The van der Waals surface area contributed by atoms with Crippen molar-refractivity contribution in [2.45, 2.75) is 128 Å². The predicted octanol–water partition coefficient (Wildman–Crippen LogP) is 16.5. The van der Waals surface area contributed by atoms with E-state index in [1.807, 2.05) is 27.7 Å². The summed E-state index contributed by atoms with van der Waals surface area (Å²) in [4.78, 5) is 23.7. The first-order valence-corrected chi connectivity index (χ1v) is 29.3. The molecule has 4 heterocycles. The lowest BCUT2D eigenvalue weighted by Crippen LogP contribution is -2.44. The summed E-state index contributed by atoms with van der Waals surface area (Å²) in [5.74, 6) is -1.22. The van der Waals surface area contributed by atoms with E-state index in [9.17, 15) is 28.9 Å². The van der Waals surface area contributed by atoms with E-state index in [0.29, 0.717) is 93.5 Å². The van der Waals surface area contributed by atoms with Crippen molar-refractivity contribution in [2.24, 2.45) is 23.7 Å². The van der Waals surface area contributed by atoms with Gasteiger partial charge in [0.2, 0.25) is 0 Å². The Bertz CT molecular complexity index is 3640. The highest BCUT2D eigenvalue weighted by Gasteiger charge is 2.58. The molecule has 12 rings (SSSR count). The zero-order valence-electron chi connectivity index (χ0n) is 43.2. The Kier molecular flexibility index (Phi) is 15.5. The van der Waals surface area contributed by atoms with Crippen LogP contribution in [0.1, 0.15) is 134 Å². The minimum Gasteiger partial charge on any atom is -0.478 e.